The number of amides is 1. The van der Waals surface area contributed by atoms with Gasteiger partial charge in [-0.3, -0.25) is 10.2 Å². The average Bonchev–Trinajstić information content (AvgIpc) is 2.58. The van der Waals surface area contributed by atoms with Crippen molar-refractivity contribution in [3.63, 3.8) is 0 Å². The van der Waals surface area contributed by atoms with Gasteiger partial charge in [0, 0.05) is 11.3 Å². The quantitative estimate of drug-likeness (QED) is 0.669. The Hall–Kier alpha value is -3.64. The fourth-order valence-corrected chi connectivity index (χ4v) is 1.80. The van der Waals surface area contributed by atoms with Gasteiger partial charge in [-0.05, 0) is 42.8 Å². The molecule has 23 heavy (non-hydrogen) atoms. The molecular weight excluding hydrogens is 290 g/mol. The summed E-state index contributed by atoms with van der Waals surface area (Å²) in [5, 5.41) is 23.6. The number of carbonyl (C=O) groups excluding carboxylic acids is 1. The van der Waals surface area contributed by atoms with Crippen molar-refractivity contribution < 1.29 is 4.79 Å². The van der Waals surface area contributed by atoms with E-state index in [4.69, 9.17) is 10.5 Å². The Morgan fingerprint density at radius 2 is 1.70 bits per heavy atom. The molecule has 2 aromatic carbocycles. The second-order valence-electron chi connectivity index (χ2n) is 4.64. The Labute approximate surface area is 133 Å². The Bertz CT molecular complexity index is 809. The lowest BCUT2D eigenvalue weighted by molar-refractivity contribution is 0.102. The van der Waals surface area contributed by atoms with Crippen molar-refractivity contribution >= 4 is 23.0 Å². The molecule has 0 aliphatic carbocycles. The average molecular weight is 303 g/mol. The molecule has 0 saturated heterocycles. The maximum Gasteiger partial charge on any atom is 0.255 e. The summed E-state index contributed by atoms with van der Waals surface area (Å²) >= 11 is 0. The van der Waals surface area contributed by atoms with Crippen LogP contribution in [-0.4, -0.2) is 11.6 Å². The molecule has 0 radical (unpaired) electrons. The highest BCUT2D eigenvalue weighted by molar-refractivity contribution is 6.10. The van der Waals surface area contributed by atoms with Gasteiger partial charge in [0.2, 0.25) is 5.71 Å². The third-order valence-electron chi connectivity index (χ3n) is 3.05. The predicted molar refractivity (Wildman–Crippen MR) is 87.9 cm³/mol. The van der Waals surface area contributed by atoms with Crippen LogP contribution in [0.2, 0.25) is 0 Å². The maximum atomic E-state index is 12.2. The molecule has 2 aromatic rings. The van der Waals surface area contributed by atoms with E-state index in [1.165, 1.54) is 0 Å². The van der Waals surface area contributed by atoms with Crippen molar-refractivity contribution in [2.75, 3.05) is 10.7 Å². The van der Waals surface area contributed by atoms with Crippen LogP contribution >= 0.6 is 0 Å². The number of aryl methyl sites for hydroxylation is 1. The second kappa shape index (κ2) is 7.39. The van der Waals surface area contributed by atoms with Gasteiger partial charge in [-0.1, -0.05) is 18.2 Å². The lowest BCUT2D eigenvalue weighted by Gasteiger charge is -2.08. The standard InChI is InChI=1S/C17H13N5O/c1-12-4-2-3-5-16(12)20-17(23)13-6-8-14(9-7-13)21-22-15(10-18)11-19/h2-9,21H,1H3,(H,20,23). The Balaban J connectivity index is 2.07. The molecule has 0 aliphatic rings. The van der Waals surface area contributed by atoms with Crippen LogP contribution in [0.15, 0.2) is 53.6 Å². The van der Waals surface area contributed by atoms with Crippen molar-refractivity contribution in [1.29, 1.82) is 10.5 Å². The number of hydrazone groups is 1. The van der Waals surface area contributed by atoms with Crippen LogP contribution in [0, 0.1) is 29.6 Å². The van der Waals surface area contributed by atoms with Crippen LogP contribution in [0.25, 0.3) is 0 Å². The van der Waals surface area contributed by atoms with E-state index in [0.29, 0.717) is 11.3 Å². The number of nitrogens with zero attached hydrogens (tertiary/aromatic N) is 3. The predicted octanol–water partition coefficient (Wildman–Crippen LogP) is 3.06. The minimum atomic E-state index is -0.272. The molecule has 6 heteroatoms. The topological polar surface area (TPSA) is 101 Å². The molecule has 0 saturated carbocycles. The van der Waals surface area contributed by atoms with Gasteiger partial charge in [-0.25, -0.2) is 0 Å². The van der Waals surface area contributed by atoms with Gasteiger partial charge in [0.15, 0.2) is 0 Å². The number of carbonyl (C=O) groups is 1. The van der Waals surface area contributed by atoms with Gasteiger partial charge in [0.05, 0.1) is 5.69 Å². The van der Waals surface area contributed by atoms with E-state index in [9.17, 15) is 4.79 Å². The molecule has 2 N–H and O–H groups in total. The number of benzene rings is 2. The van der Waals surface area contributed by atoms with Crippen LogP contribution in [0.1, 0.15) is 15.9 Å². The minimum Gasteiger partial charge on any atom is -0.322 e. The third kappa shape index (κ3) is 4.16. The van der Waals surface area contributed by atoms with Crippen molar-refractivity contribution in [3.8, 4) is 12.1 Å². The molecule has 0 atom stereocenters. The van der Waals surface area contributed by atoms with Gasteiger partial charge < -0.3 is 5.32 Å². The molecule has 112 valence electrons. The highest BCUT2D eigenvalue weighted by Crippen LogP contribution is 2.16. The van der Waals surface area contributed by atoms with Gasteiger partial charge in [-0.2, -0.15) is 15.6 Å². The first-order valence-corrected chi connectivity index (χ1v) is 6.75. The van der Waals surface area contributed by atoms with E-state index in [-0.39, 0.29) is 11.6 Å². The molecule has 0 aliphatic heterocycles. The zero-order valence-corrected chi connectivity index (χ0v) is 12.4. The molecule has 0 fully saturated rings. The summed E-state index contributed by atoms with van der Waals surface area (Å²) in [7, 11) is 0. The van der Waals surface area contributed by atoms with Crippen LogP contribution in [-0.2, 0) is 0 Å². The molecule has 1 amide bonds. The maximum absolute atomic E-state index is 12.2. The van der Waals surface area contributed by atoms with E-state index >= 15 is 0 Å². The number of rotatable bonds is 4. The monoisotopic (exact) mass is 303 g/mol. The largest absolute Gasteiger partial charge is 0.322 e. The van der Waals surface area contributed by atoms with Crippen LogP contribution < -0.4 is 10.7 Å². The summed E-state index contributed by atoms with van der Waals surface area (Å²) in [6.45, 7) is 1.92. The van der Waals surface area contributed by atoms with E-state index in [1.807, 2.05) is 31.2 Å². The van der Waals surface area contributed by atoms with E-state index in [2.05, 4.69) is 15.8 Å². The van der Waals surface area contributed by atoms with Crippen LogP contribution in [0.5, 0.6) is 0 Å². The number of nitriles is 2. The van der Waals surface area contributed by atoms with Gasteiger partial charge >= 0.3 is 0 Å². The van der Waals surface area contributed by atoms with Gasteiger partial charge in [0.1, 0.15) is 12.1 Å². The SMILES string of the molecule is Cc1ccccc1NC(=O)c1ccc(NN=C(C#N)C#N)cc1. The van der Waals surface area contributed by atoms with Crippen molar-refractivity contribution in [3.05, 3.63) is 59.7 Å². The zero-order valence-electron chi connectivity index (χ0n) is 12.4. The first kappa shape index (κ1) is 15.7. The second-order valence-corrected chi connectivity index (χ2v) is 4.64. The first-order valence-electron chi connectivity index (χ1n) is 6.75. The minimum absolute atomic E-state index is 0.218. The summed E-state index contributed by atoms with van der Waals surface area (Å²) < 4.78 is 0. The molecule has 0 aromatic heterocycles. The molecule has 0 unspecified atom stereocenters. The lowest BCUT2D eigenvalue weighted by Crippen LogP contribution is -2.12. The van der Waals surface area contributed by atoms with Gasteiger partial charge in [-0.15, -0.1) is 0 Å². The fraction of sp³-hybridized carbons (Fsp3) is 0.0588. The Morgan fingerprint density at radius 1 is 1.04 bits per heavy atom. The zero-order chi connectivity index (χ0) is 16.7. The summed E-state index contributed by atoms with van der Waals surface area (Å²) in [6.07, 6.45) is 0. The third-order valence-corrected chi connectivity index (χ3v) is 3.05. The van der Waals surface area contributed by atoms with E-state index in [1.54, 1.807) is 36.4 Å². The Morgan fingerprint density at radius 3 is 2.30 bits per heavy atom. The highest BCUT2D eigenvalue weighted by Gasteiger charge is 2.07. The van der Waals surface area contributed by atoms with E-state index in [0.717, 1.165) is 11.3 Å². The molecule has 0 spiro atoms. The number of anilines is 2. The first-order chi connectivity index (χ1) is 11.1. The smallest absolute Gasteiger partial charge is 0.255 e. The summed E-state index contributed by atoms with van der Waals surface area (Å²) in [6, 6.07) is 17.4. The number of para-hydroxylation sites is 1. The van der Waals surface area contributed by atoms with Crippen molar-refractivity contribution in [1.82, 2.24) is 0 Å². The number of nitrogens with one attached hydrogen (secondary N) is 2. The summed E-state index contributed by atoms with van der Waals surface area (Å²) in [5.41, 5.74) is 5.11. The van der Waals surface area contributed by atoms with Crippen molar-refractivity contribution in [2.45, 2.75) is 6.92 Å². The lowest BCUT2D eigenvalue weighted by atomic mass is 10.1. The van der Waals surface area contributed by atoms with Crippen LogP contribution in [0.4, 0.5) is 11.4 Å². The molecular formula is C17H13N5O. The van der Waals surface area contributed by atoms with Crippen LogP contribution in [0.3, 0.4) is 0 Å². The number of hydrogen-bond donors (Lipinski definition) is 2. The van der Waals surface area contributed by atoms with E-state index < -0.39 is 0 Å². The molecule has 0 heterocycles. The van der Waals surface area contributed by atoms with Gasteiger partial charge in [0.25, 0.3) is 5.91 Å². The highest BCUT2D eigenvalue weighted by atomic mass is 16.1. The number of hydrogen-bond acceptors (Lipinski definition) is 5. The molecule has 6 nitrogen and oxygen atoms in total. The molecule has 2 rings (SSSR count). The summed E-state index contributed by atoms with van der Waals surface area (Å²) in [4.78, 5) is 12.2. The molecule has 0 bridgehead atoms. The summed E-state index contributed by atoms with van der Waals surface area (Å²) in [5.74, 6) is -0.218. The van der Waals surface area contributed by atoms with Crippen molar-refractivity contribution in [2.24, 2.45) is 5.10 Å². The Kier molecular flexibility index (Phi) is 5.06. The fourth-order valence-electron chi connectivity index (χ4n) is 1.80. The normalized spacial score (nSPS) is 9.17.